The van der Waals surface area contributed by atoms with E-state index in [1.54, 1.807) is 23.9 Å². The fourth-order valence-electron chi connectivity index (χ4n) is 2.52. The predicted octanol–water partition coefficient (Wildman–Crippen LogP) is 2.89. The summed E-state index contributed by atoms with van der Waals surface area (Å²) in [5.41, 5.74) is 4.07. The summed E-state index contributed by atoms with van der Waals surface area (Å²) in [5.74, 6) is 0.755. The zero-order chi connectivity index (χ0) is 15.3. The van der Waals surface area contributed by atoms with Gasteiger partial charge in [-0.05, 0) is 32.0 Å². The number of hydrogen-bond donors (Lipinski definition) is 0. The molecular weight excluding hydrogens is 296 g/mol. The Hall–Kier alpha value is -2.54. The van der Waals surface area contributed by atoms with E-state index in [2.05, 4.69) is 45.7 Å². The monoisotopic (exact) mass is 310 g/mol. The summed E-state index contributed by atoms with van der Waals surface area (Å²) in [7, 11) is 1.91. The van der Waals surface area contributed by atoms with Crippen molar-refractivity contribution < 1.29 is 0 Å². The lowest BCUT2D eigenvalue weighted by atomic mass is 10.3. The van der Waals surface area contributed by atoms with E-state index in [0.29, 0.717) is 0 Å². The van der Waals surface area contributed by atoms with Gasteiger partial charge in [-0.15, -0.1) is 10.2 Å². The molecule has 0 unspecified atom stereocenters. The number of pyridine rings is 1. The molecule has 0 spiro atoms. The Balaban J connectivity index is 1.87. The maximum atomic E-state index is 4.70. The van der Waals surface area contributed by atoms with Crippen LogP contribution < -0.4 is 0 Å². The standard InChI is InChI=1S/C15H14N6S/c1-9-4-5-10(2)21(9)15-18-12-7-16-11(6-13(12)22-15)14-19-17-8-20(14)3/h4-8H,1-3H3. The summed E-state index contributed by atoms with van der Waals surface area (Å²) in [4.78, 5) is 9.16. The summed E-state index contributed by atoms with van der Waals surface area (Å²) in [6.45, 7) is 4.17. The van der Waals surface area contributed by atoms with E-state index in [4.69, 9.17) is 4.98 Å². The third kappa shape index (κ3) is 1.93. The van der Waals surface area contributed by atoms with Gasteiger partial charge in [0.05, 0.1) is 10.9 Å². The molecule has 0 aliphatic rings. The number of aromatic nitrogens is 6. The van der Waals surface area contributed by atoms with E-state index in [1.165, 1.54) is 11.4 Å². The van der Waals surface area contributed by atoms with Crippen LogP contribution in [0.2, 0.25) is 0 Å². The van der Waals surface area contributed by atoms with Crippen LogP contribution in [0.4, 0.5) is 0 Å². The molecule has 0 aliphatic carbocycles. The second-order valence-electron chi connectivity index (χ2n) is 5.25. The number of fused-ring (bicyclic) bond motifs is 1. The Morgan fingerprint density at radius 2 is 1.91 bits per heavy atom. The van der Waals surface area contributed by atoms with Crippen molar-refractivity contribution in [2.45, 2.75) is 13.8 Å². The van der Waals surface area contributed by atoms with E-state index in [9.17, 15) is 0 Å². The molecule has 0 saturated carbocycles. The molecule has 0 radical (unpaired) electrons. The highest BCUT2D eigenvalue weighted by atomic mass is 32.1. The van der Waals surface area contributed by atoms with Crippen molar-refractivity contribution in [1.82, 2.24) is 29.3 Å². The Kier molecular flexibility index (Phi) is 2.83. The van der Waals surface area contributed by atoms with Crippen LogP contribution in [0.1, 0.15) is 11.4 Å². The quantitative estimate of drug-likeness (QED) is 0.571. The Bertz CT molecular complexity index is 958. The third-order valence-electron chi connectivity index (χ3n) is 3.67. The van der Waals surface area contributed by atoms with Crippen LogP contribution in [0.15, 0.2) is 30.7 Å². The molecule has 0 atom stereocenters. The number of hydrogen-bond acceptors (Lipinski definition) is 5. The lowest BCUT2D eigenvalue weighted by molar-refractivity contribution is 0.914. The third-order valence-corrected chi connectivity index (χ3v) is 4.67. The first-order valence-corrected chi connectivity index (χ1v) is 7.71. The molecule has 7 heteroatoms. The minimum atomic E-state index is 0.755. The molecule has 110 valence electrons. The van der Waals surface area contributed by atoms with E-state index in [-0.39, 0.29) is 0 Å². The van der Waals surface area contributed by atoms with Crippen molar-refractivity contribution in [3.05, 3.63) is 42.1 Å². The lowest BCUT2D eigenvalue weighted by Crippen LogP contribution is -1.97. The smallest absolute Gasteiger partial charge is 0.195 e. The van der Waals surface area contributed by atoms with Gasteiger partial charge in [0.1, 0.15) is 17.5 Å². The maximum absolute atomic E-state index is 4.70. The van der Waals surface area contributed by atoms with Crippen molar-refractivity contribution in [3.63, 3.8) is 0 Å². The molecule has 0 N–H and O–H groups in total. The fourth-order valence-corrected chi connectivity index (χ4v) is 3.62. The van der Waals surface area contributed by atoms with Gasteiger partial charge >= 0.3 is 0 Å². The molecule has 0 bridgehead atoms. The molecule has 0 amide bonds. The first-order chi connectivity index (χ1) is 10.6. The normalized spacial score (nSPS) is 11.4. The summed E-state index contributed by atoms with van der Waals surface area (Å²) < 4.78 is 5.11. The topological polar surface area (TPSA) is 61.4 Å². The van der Waals surface area contributed by atoms with Crippen molar-refractivity contribution >= 4 is 21.6 Å². The molecule has 0 fully saturated rings. The van der Waals surface area contributed by atoms with E-state index in [0.717, 1.165) is 26.9 Å². The minimum absolute atomic E-state index is 0.755. The number of rotatable bonds is 2. The van der Waals surface area contributed by atoms with Crippen LogP contribution in [-0.4, -0.2) is 29.3 Å². The summed E-state index contributed by atoms with van der Waals surface area (Å²) in [5, 5.41) is 8.98. The molecule has 4 aromatic rings. The van der Waals surface area contributed by atoms with E-state index < -0.39 is 0 Å². The van der Waals surface area contributed by atoms with Gasteiger partial charge in [-0.1, -0.05) is 11.3 Å². The minimum Gasteiger partial charge on any atom is -0.315 e. The molecule has 6 nitrogen and oxygen atoms in total. The number of nitrogens with zero attached hydrogens (tertiary/aromatic N) is 6. The zero-order valence-corrected chi connectivity index (χ0v) is 13.3. The molecule has 4 rings (SSSR count). The lowest BCUT2D eigenvalue weighted by Gasteiger charge is -2.03. The Labute approximate surface area is 131 Å². The van der Waals surface area contributed by atoms with Gasteiger partial charge in [0.15, 0.2) is 11.0 Å². The van der Waals surface area contributed by atoms with Crippen molar-refractivity contribution in [1.29, 1.82) is 0 Å². The maximum Gasteiger partial charge on any atom is 0.195 e. The van der Waals surface area contributed by atoms with Crippen LogP contribution in [0.5, 0.6) is 0 Å². The van der Waals surface area contributed by atoms with Gasteiger partial charge < -0.3 is 4.57 Å². The highest BCUT2D eigenvalue weighted by Crippen LogP contribution is 2.29. The van der Waals surface area contributed by atoms with Crippen LogP contribution in [-0.2, 0) is 7.05 Å². The first-order valence-electron chi connectivity index (χ1n) is 6.90. The average Bonchev–Trinajstić information content (AvgIpc) is 3.17. The highest BCUT2D eigenvalue weighted by molar-refractivity contribution is 7.20. The molecule has 4 heterocycles. The number of thiazole rings is 1. The first kappa shape index (κ1) is 13.1. The SMILES string of the molecule is Cc1ccc(C)n1-c1nc2cnc(-c3nncn3C)cc2s1. The van der Waals surface area contributed by atoms with Crippen molar-refractivity contribution in [2.75, 3.05) is 0 Å². The highest BCUT2D eigenvalue weighted by Gasteiger charge is 2.13. The molecular formula is C15H14N6S. The van der Waals surface area contributed by atoms with Gasteiger partial charge in [0, 0.05) is 18.4 Å². The van der Waals surface area contributed by atoms with Crippen LogP contribution >= 0.6 is 11.3 Å². The van der Waals surface area contributed by atoms with Crippen molar-refractivity contribution in [3.8, 4) is 16.6 Å². The Morgan fingerprint density at radius 1 is 1.14 bits per heavy atom. The van der Waals surface area contributed by atoms with Gasteiger partial charge in [0.25, 0.3) is 0 Å². The van der Waals surface area contributed by atoms with Crippen molar-refractivity contribution in [2.24, 2.45) is 7.05 Å². The summed E-state index contributed by atoms with van der Waals surface area (Å²) in [6.07, 6.45) is 3.47. The molecule has 4 aromatic heterocycles. The molecule has 0 aromatic carbocycles. The second-order valence-corrected chi connectivity index (χ2v) is 6.26. The second kappa shape index (κ2) is 4.74. The fraction of sp³-hybridized carbons (Fsp3) is 0.200. The van der Waals surface area contributed by atoms with Gasteiger partial charge in [-0.25, -0.2) is 4.98 Å². The molecule has 0 saturated heterocycles. The van der Waals surface area contributed by atoms with E-state index in [1.807, 2.05) is 17.7 Å². The van der Waals surface area contributed by atoms with Crippen LogP contribution in [0.25, 0.3) is 26.9 Å². The molecule has 22 heavy (non-hydrogen) atoms. The zero-order valence-electron chi connectivity index (χ0n) is 12.5. The summed E-state index contributed by atoms with van der Waals surface area (Å²) in [6, 6.07) is 6.23. The van der Waals surface area contributed by atoms with Crippen LogP contribution in [0.3, 0.4) is 0 Å². The van der Waals surface area contributed by atoms with E-state index >= 15 is 0 Å². The average molecular weight is 310 g/mol. The number of aryl methyl sites for hydroxylation is 3. The van der Waals surface area contributed by atoms with Gasteiger partial charge in [-0.2, -0.15) is 0 Å². The largest absolute Gasteiger partial charge is 0.315 e. The molecule has 0 aliphatic heterocycles. The van der Waals surface area contributed by atoms with Crippen LogP contribution in [0, 0.1) is 13.8 Å². The van der Waals surface area contributed by atoms with Gasteiger partial charge in [-0.3, -0.25) is 9.55 Å². The summed E-state index contributed by atoms with van der Waals surface area (Å²) >= 11 is 1.66. The predicted molar refractivity (Wildman–Crippen MR) is 86.2 cm³/mol. The van der Waals surface area contributed by atoms with Gasteiger partial charge in [0.2, 0.25) is 0 Å². The Morgan fingerprint density at radius 3 is 2.59 bits per heavy atom.